The smallest absolute Gasteiger partial charge is 0.416 e. The first-order valence-corrected chi connectivity index (χ1v) is 9.33. The molecule has 2 aromatic heterocycles. The minimum Gasteiger partial charge on any atom is -0.443 e. The van der Waals surface area contributed by atoms with E-state index in [1.54, 1.807) is 0 Å². The first-order chi connectivity index (χ1) is 13.8. The van der Waals surface area contributed by atoms with Crippen LogP contribution in [0.4, 0.5) is 19.0 Å². The highest BCUT2D eigenvalue weighted by atomic mass is 32.1. The number of alkyl halides is 3. The number of thiophene rings is 1. The molecule has 1 aromatic carbocycles. The molecule has 0 unspecified atom stereocenters. The second kappa shape index (κ2) is 7.48. The summed E-state index contributed by atoms with van der Waals surface area (Å²) < 4.78 is 50.8. The third-order valence-electron chi connectivity index (χ3n) is 4.33. The molecule has 0 amide bonds. The van der Waals surface area contributed by atoms with Crippen molar-refractivity contribution in [2.24, 2.45) is 0 Å². The fraction of sp³-hybridized carbons (Fsp3) is 0.278. The monoisotopic (exact) mass is 425 g/mol. The summed E-state index contributed by atoms with van der Waals surface area (Å²) in [6, 6.07) is 8.90. The van der Waals surface area contributed by atoms with Gasteiger partial charge >= 0.3 is 18.0 Å². The van der Waals surface area contributed by atoms with E-state index in [1.165, 1.54) is 34.2 Å². The molecule has 0 aliphatic carbocycles. The Labute approximate surface area is 166 Å². The fourth-order valence-corrected chi connectivity index (χ4v) is 3.83. The third kappa shape index (κ3) is 4.25. The van der Waals surface area contributed by atoms with Gasteiger partial charge in [0.25, 0.3) is 0 Å². The Hall–Kier alpha value is -2.92. The molecule has 0 bridgehead atoms. The largest absolute Gasteiger partial charge is 0.443 e. The van der Waals surface area contributed by atoms with Crippen molar-refractivity contribution < 1.29 is 27.6 Å². The topological polar surface area (TPSA) is 79.4 Å². The molecule has 29 heavy (non-hydrogen) atoms. The number of aromatic nitrogens is 2. The van der Waals surface area contributed by atoms with Crippen molar-refractivity contribution in [3.05, 3.63) is 63.1 Å². The van der Waals surface area contributed by atoms with E-state index < -0.39 is 16.7 Å². The van der Waals surface area contributed by atoms with Gasteiger partial charge in [0.05, 0.1) is 18.7 Å². The summed E-state index contributed by atoms with van der Waals surface area (Å²) >= 11 is 1.43. The molecule has 4 rings (SSSR count). The maximum Gasteiger partial charge on any atom is 0.416 e. The molecule has 1 aliphatic heterocycles. The van der Waals surface area contributed by atoms with Gasteiger partial charge in [-0.1, -0.05) is 12.1 Å². The van der Waals surface area contributed by atoms with Crippen LogP contribution in [0.3, 0.4) is 0 Å². The lowest BCUT2D eigenvalue weighted by Gasteiger charge is -2.22. The average molecular weight is 425 g/mol. The van der Waals surface area contributed by atoms with Crippen LogP contribution in [-0.2, 0) is 24.1 Å². The molecule has 0 fully saturated rings. The van der Waals surface area contributed by atoms with Crippen molar-refractivity contribution in [3.8, 4) is 16.5 Å². The fourth-order valence-electron chi connectivity index (χ4n) is 2.89. The summed E-state index contributed by atoms with van der Waals surface area (Å²) in [4.78, 5) is 15.7. The van der Waals surface area contributed by atoms with Crippen LogP contribution in [-0.4, -0.2) is 27.2 Å². The highest BCUT2D eigenvalue weighted by Crippen LogP contribution is 2.33. The van der Waals surface area contributed by atoms with Gasteiger partial charge < -0.3 is 19.6 Å². The van der Waals surface area contributed by atoms with E-state index in [1.807, 2.05) is 12.1 Å². The summed E-state index contributed by atoms with van der Waals surface area (Å²) in [7, 11) is 0. The summed E-state index contributed by atoms with van der Waals surface area (Å²) in [5.41, 5.74) is 0.0170. The van der Waals surface area contributed by atoms with E-state index >= 15 is 0 Å². The molecular weight excluding hydrogens is 411 g/mol. The number of benzene rings is 1. The number of rotatable bonds is 5. The van der Waals surface area contributed by atoms with Gasteiger partial charge in [0, 0.05) is 14.7 Å². The molecule has 0 N–H and O–H groups in total. The molecule has 11 heteroatoms. The Morgan fingerprint density at radius 2 is 2.03 bits per heavy atom. The molecule has 3 heterocycles. The Morgan fingerprint density at radius 1 is 1.28 bits per heavy atom. The number of hydrogen-bond acceptors (Lipinski definition) is 6. The summed E-state index contributed by atoms with van der Waals surface area (Å²) in [6.07, 6.45) is -3.35. The molecule has 0 saturated heterocycles. The number of hydrogen-bond donors (Lipinski definition) is 0. The summed E-state index contributed by atoms with van der Waals surface area (Å²) in [5, 5.41) is 10.8. The third-order valence-corrected chi connectivity index (χ3v) is 5.44. The molecule has 7 nitrogen and oxygen atoms in total. The quantitative estimate of drug-likeness (QED) is 0.444. The van der Waals surface area contributed by atoms with E-state index in [4.69, 9.17) is 9.47 Å². The van der Waals surface area contributed by atoms with Gasteiger partial charge in [-0.15, -0.1) is 11.3 Å². The predicted octanol–water partition coefficient (Wildman–Crippen LogP) is 4.52. The molecule has 0 spiro atoms. The molecular formula is C18H14F3N3O4S. The standard InChI is InChI=1S/C18H14F3N3O4S/c19-18(20,21)12-3-1-11(2-4-12)15-6-5-14(29-15)10-27-13-7-23-8-16(24(25)26)22-17(23)28-9-13/h1-6,8,13H,7,9-10H2/t13-/m0/s1. The Kier molecular flexibility index (Phi) is 5.01. The molecule has 3 aromatic rings. The van der Waals surface area contributed by atoms with Crippen LogP contribution in [0.5, 0.6) is 6.01 Å². The number of nitrogens with zero attached hydrogens (tertiary/aromatic N) is 3. The molecule has 0 saturated carbocycles. The average Bonchev–Trinajstić information content (AvgIpc) is 3.32. The first kappa shape index (κ1) is 19.4. The zero-order valence-corrected chi connectivity index (χ0v) is 15.6. The maximum absolute atomic E-state index is 12.7. The lowest BCUT2D eigenvalue weighted by molar-refractivity contribution is -0.389. The van der Waals surface area contributed by atoms with Crippen molar-refractivity contribution in [1.29, 1.82) is 0 Å². The van der Waals surface area contributed by atoms with Crippen LogP contribution >= 0.6 is 11.3 Å². The second-order valence-corrected chi connectivity index (χ2v) is 7.54. The first-order valence-electron chi connectivity index (χ1n) is 8.52. The van der Waals surface area contributed by atoms with Crippen LogP contribution in [0.25, 0.3) is 10.4 Å². The van der Waals surface area contributed by atoms with Gasteiger partial charge in [0.1, 0.15) is 18.9 Å². The SMILES string of the molecule is O=[N+]([O-])c1cn2c(n1)OC[C@@H](OCc1ccc(-c3ccc(C(F)(F)F)cc3)s1)C2. The number of fused-ring (bicyclic) bond motifs is 1. The van der Waals surface area contributed by atoms with Gasteiger partial charge in [-0.25, -0.2) is 0 Å². The van der Waals surface area contributed by atoms with E-state index in [2.05, 4.69) is 4.98 Å². The minimum absolute atomic E-state index is 0.192. The highest BCUT2D eigenvalue weighted by molar-refractivity contribution is 7.15. The van der Waals surface area contributed by atoms with Gasteiger partial charge in [0.15, 0.2) is 0 Å². The van der Waals surface area contributed by atoms with Gasteiger partial charge in [-0.2, -0.15) is 13.2 Å². The van der Waals surface area contributed by atoms with Crippen LogP contribution in [0.1, 0.15) is 10.4 Å². The van der Waals surface area contributed by atoms with E-state index in [0.29, 0.717) is 18.7 Å². The summed E-state index contributed by atoms with van der Waals surface area (Å²) in [5.74, 6) is -0.278. The molecule has 152 valence electrons. The van der Waals surface area contributed by atoms with E-state index in [9.17, 15) is 23.3 Å². The van der Waals surface area contributed by atoms with Crippen LogP contribution < -0.4 is 4.74 Å². The lowest BCUT2D eigenvalue weighted by Crippen LogP contribution is -2.32. The molecule has 1 atom stereocenters. The number of imidazole rings is 1. The van der Waals surface area contributed by atoms with Crippen LogP contribution in [0.15, 0.2) is 42.6 Å². The highest BCUT2D eigenvalue weighted by Gasteiger charge is 2.30. The Balaban J connectivity index is 1.37. The zero-order valence-electron chi connectivity index (χ0n) is 14.8. The van der Waals surface area contributed by atoms with Crippen molar-refractivity contribution in [3.63, 3.8) is 0 Å². The van der Waals surface area contributed by atoms with Crippen molar-refractivity contribution in [1.82, 2.24) is 9.55 Å². The normalized spacial score (nSPS) is 16.3. The number of halogens is 3. The van der Waals surface area contributed by atoms with E-state index in [-0.39, 0.29) is 24.5 Å². The van der Waals surface area contributed by atoms with Gasteiger partial charge in [-0.3, -0.25) is 4.57 Å². The van der Waals surface area contributed by atoms with Crippen LogP contribution in [0, 0.1) is 10.1 Å². The Bertz CT molecular complexity index is 1030. The molecule has 0 radical (unpaired) electrons. The van der Waals surface area contributed by atoms with Gasteiger partial charge in [0.2, 0.25) is 0 Å². The number of ether oxygens (including phenoxy) is 2. The maximum atomic E-state index is 12.7. The van der Waals surface area contributed by atoms with E-state index in [0.717, 1.165) is 21.9 Å². The zero-order chi connectivity index (χ0) is 20.6. The number of nitro groups is 1. The second-order valence-electron chi connectivity index (χ2n) is 6.38. The lowest BCUT2D eigenvalue weighted by atomic mass is 10.1. The van der Waals surface area contributed by atoms with Crippen LogP contribution in [0.2, 0.25) is 0 Å². The van der Waals surface area contributed by atoms with Crippen molar-refractivity contribution in [2.75, 3.05) is 6.61 Å². The Morgan fingerprint density at radius 3 is 2.72 bits per heavy atom. The van der Waals surface area contributed by atoms with Crippen molar-refractivity contribution >= 4 is 17.2 Å². The molecule has 1 aliphatic rings. The summed E-state index contributed by atoms with van der Waals surface area (Å²) in [6.45, 7) is 0.907. The van der Waals surface area contributed by atoms with Gasteiger partial charge in [-0.05, 0) is 34.8 Å². The predicted molar refractivity (Wildman–Crippen MR) is 97.7 cm³/mol. The minimum atomic E-state index is -4.36. The van der Waals surface area contributed by atoms with Crippen molar-refractivity contribution in [2.45, 2.75) is 25.4 Å².